The highest BCUT2D eigenvalue weighted by Crippen LogP contribution is 2.44. The molecule has 8 heteroatoms. The second-order valence-electron chi connectivity index (χ2n) is 8.10. The van der Waals surface area contributed by atoms with E-state index in [1.165, 1.54) is 16.2 Å². The molecule has 1 aromatic heterocycles. The second-order valence-corrected chi connectivity index (χ2v) is 9.55. The van der Waals surface area contributed by atoms with Gasteiger partial charge in [-0.15, -0.1) is 0 Å². The summed E-state index contributed by atoms with van der Waals surface area (Å²) in [5, 5.41) is 12.1. The van der Waals surface area contributed by atoms with Crippen molar-refractivity contribution in [2.75, 3.05) is 12.0 Å². The van der Waals surface area contributed by atoms with Crippen LogP contribution in [0.5, 0.6) is 5.75 Å². The number of amides is 1. The van der Waals surface area contributed by atoms with Gasteiger partial charge in [-0.25, -0.2) is 4.98 Å². The average Bonchev–Trinajstić information content (AvgIpc) is 3.41. The normalized spacial score (nSPS) is 17.3. The lowest BCUT2D eigenvalue weighted by molar-refractivity contribution is -0.132. The number of rotatable bonds is 5. The predicted octanol–water partition coefficient (Wildman–Crippen LogP) is 6.15. The first-order valence-electron chi connectivity index (χ1n) is 11.0. The molecule has 1 N–H and O–H groups in total. The molecule has 1 unspecified atom stereocenters. The molecule has 6 nitrogen and oxygen atoms in total. The molecule has 176 valence electrons. The molecule has 4 aromatic rings. The van der Waals surface area contributed by atoms with Crippen molar-refractivity contribution in [2.24, 2.45) is 0 Å². The molecule has 2 heterocycles. The number of benzene rings is 3. The van der Waals surface area contributed by atoms with Crippen LogP contribution >= 0.6 is 22.9 Å². The lowest BCUT2D eigenvalue weighted by Gasteiger charge is -2.23. The van der Waals surface area contributed by atoms with Crippen LogP contribution in [0, 0.1) is 0 Å². The van der Waals surface area contributed by atoms with Crippen molar-refractivity contribution in [2.45, 2.75) is 19.4 Å². The zero-order valence-corrected chi connectivity index (χ0v) is 20.6. The summed E-state index contributed by atoms with van der Waals surface area (Å²) in [6, 6.07) is 18.8. The molecule has 1 saturated heterocycles. The van der Waals surface area contributed by atoms with Crippen molar-refractivity contribution >= 4 is 55.7 Å². The van der Waals surface area contributed by atoms with E-state index in [1.54, 1.807) is 37.4 Å². The number of Topliss-reactive ketones (excluding diaryl/α,β-unsaturated/α-hetero) is 1. The number of ketones is 1. The number of carbonyl (C=O) groups excluding carboxylic acids is 2. The van der Waals surface area contributed by atoms with Crippen molar-refractivity contribution in [1.82, 2.24) is 4.98 Å². The summed E-state index contributed by atoms with van der Waals surface area (Å²) < 4.78 is 6.13. The highest BCUT2D eigenvalue weighted by atomic mass is 35.5. The van der Waals surface area contributed by atoms with Gasteiger partial charge in [-0.1, -0.05) is 54.1 Å². The Hall–Kier alpha value is -3.68. The van der Waals surface area contributed by atoms with Gasteiger partial charge in [0.2, 0.25) is 0 Å². The van der Waals surface area contributed by atoms with Gasteiger partial charge in [0.25, 0.3) is 5.78 Å². The van der Waals surface area contributed by atoms with Crippen molar-refractivity contribution in [3.63, 3.8) is 0 Å². The molecule has 0 aliphatic carbocycles. The SMILES string of the molecule is CCc1ccc(C2/C(=C(\O)c3ccc(Cl)cc3)C(=O)C(=O)N2c2nc3ccc(OC)cc3s2)cc1. The Bertz CT molecular complexity index is 1480. The van der Waals surface area contributed by atoms with Gasteiger partial charge < -0.3 is 9.84 Å². The zero-order chi connectivity index (χ0) is 24.7. The summed E-state index contributed by atoms with van der Waals surface area (Å²) in [4.78, 5) is 32.7. The second kappa shape index (κ2) is 9.17. The molecule has 1 aliphatic rings. The summed E-state index contributed by atoms with van der Waals surface area (Å²) >= 11 is 7.29. The molecule has 3 aromatic carbocycles. The quantitative estimate of drug-likeness (QED) is 0.200. The molecular formula is C27H21ClN2O4S. The Morgan fingerprint density at radius 1 is 1.09 bits per heavy atom. The highest BCUT2D eigenvalue weighted by molar-refractivity contribution is 7.22. The summed E-state index contributed by atoms with van der Waals surface area (Å²) in [6.45, 7) is 2.05. The number of nitrogens with zero attached hydrogens (tertiary/aromatic N) is 2. The minimum absolute atomic E-state index is 0.0124. The standard InChI is InChI=1S/C27H21ClN2O4S/c1-3-15-4-6-16(7-5-15)23-22(24(31)17-8-10-18(28)11-9-17)25(32)26(33)30(23)27-29-20-13-12-19(34-2)14-21(20)35-27/h4-14,23,31H,3H2,1-2H3/b24-22+. The number of methoxy groups -OCH3 is 1. The molecule has 1 atom stereocenters. The number of aliphatic hydroxyl groups excluding tert-OH is 1. The highest BCUT2D eigenvalue weighted by Gasteiger charge is 2.48. The van der Waals surface area contributed by atoms with E-state index < -0.39 is 17.7 Å². The number of thiazole rings is 1. The predicted molar refractivity (Wildman–Crippen MR) is 138 cm³/mol. The van der Waals surface area contributed by atoms with Crippen LogP contribution in [0.15, 0.2) is 72.3 Å². The van der Waals surface area contributed by atoms with Crippen molar-refractivity contribution < 1.29 is 19.4 Å². The maximum absolute atomic E-state index is 13.4. The van der Waals surface area contributed by atoms with E-state index in [1.807, 2.05) is 36.4 Å². The number of fused-ring (bicyclic) bond motifs is 1. The molecule has 1 amide bonds. The van der Waals surface area contributed by atoms with Crippen LogP contribution < -0.4 is 9.64 Å². The van der Waals surface area contributed by atoms with Crippen LogP contribution in [0.3, 0.4) is 0 Å². The van der Waals surface area contributed by atoms with Gasteiger partial charge in [-0.3, -0.25) is 14.5 Å². The van der Waals surface area contributed by atoms with Crippen LogP contribution in [0.25, 0.3) is 16.0 Å². The van der Waals surface area contributed by atoms with E-state index in [0.29, 0.717) is 32.5 Å². The van der Waals surface area contributed by atoms with E-state index in [2.05, 4.69) is 11.9 Å². The Morgan fingerprint density at radius 2 is 1.80 bits per heavy atom. The number of aliphatic hydroxyl groups is 1. The smallest absolute Gasteiger partial charge is 0.301 e. The first-order valence-corrected chi connectivity index (χ1v) is 12.2. The van der Waals surface area contributed by atoms with E-state index in [-0.39, 0.29) is 11.3 Å². The van der Waals surface area contributed by atoms with Crippen LogP contribution in [-0.4, -0.2) is 28.9 Å². The summed E-state index contributed by atoms with van der Waals surface area (Å²) in [7, 11) is 1.58. The Labute approximate surface area is 211 Å². The fourth-order valence-electron chi connectivity index (χ4n) is 4.17. The third kappa shape index (κ3) is 4.07. The first-order chi connectivity index (χ1) is 16.9. The molecule has 0 radical (unpaired) electrons. The van der Waals surface area contributed by atoms with Crippen molar-refractivity contribution in [3.8, 4) is 5.75 Å². The monoisotopic (exact) mass is 504 g/mol. The molecule has 0 saturated carbocycles. The number of hydrogen-bond donors (Lipinski definition) is 1. The van der Waals surface area contributed by atoms with E-state index in [9.17, 15) is 14.7 Å². The third-order valence-electron chi connectivity index (χ3n) is 6.06. The topological polar surface area (TPSA) is 79.7 Å². The number of aryl methyl sites for hydroxylation is 1. The van der Waals surface area contributed by atoms with Gasteiger partial charge in [0.1, 0.15) is 11.5 Å². The van der Waals surface area contributed by atoms with Crippen LogP contribution in [0.4, 0.5) is 5.13 Å². The number of anilines is 1. The number of halogens is 1. The van der Waals surface area contributed by atoms with Crippen molar-refractivity contribution in [3.05, 3.63) is 94.0 Å². The van der Waals surface area contributed by atoms with E-state index in [4.69, 9.17) is 16.3 Å². The van der Waals surface area contributed by atoms with Gasteiger partial charge in [0, 0.05) is 10.6 Å². The molecule has 5 rings (SSSR count). The van der Waals surface area contributed by atoms with Gasteiger partial charge >= 0.3 is 5.91 Å². The lowest BCUT2D eigenvalue weighted by atomic mass is 9.94. The molecule has 1 aliphatic heterocycles. The van der Waals surface area contributed by atoms with Gasteiger partial charge in [0.15, 0.2) is 5.13 Å². The molecular weight excluding hydrogens is 484 g/mol. The van der Waals surface area contributed by atoms with Crippen LogP contribution in [0.1, 0.15) is 29.7 Å². The Morgan fingerprint density at radius 3 is 2.46 bits per heavy atom. The lowest BCUT2D eigenvalue weighted by Crippen LogP contribution is -2.29. The van der Waals surface area contributed by atoms with Crippen molar-refractivity contribution in [1.29, 1.82) is 0 Å². The Balaban J connectivity index is 1.70. The number of hydrogen-bond acceptors (Lipinski definition) is 6. The van der Waals surface area contributed by atoms with Gasteiger partial charge in [-0.2, -0.15) is 0 Å². The average molecular weight is 505 g/mol. The van der Waals surface area contributed by atoms with E-state index >= 15 is 0 Å². The zero-order valence-electron chi connectivity index (χ0n) is 19.0. The number of ether oxygens (including phenoxy) is 1. The van der Waals surface area contributed by atoms with Gasteiger partial charge in [-0.05, 0) is 60.0 Å². The fraction of sp³-hybridized carbons (Fsp3) is 0.148. The maximum Gasteiger partial charge on any atom is 0.301 e. The largest absolute Gasteiger partial charge is 0.507 e. The summed E-state index contributed by atoms with van der Waals surface area (Å²) in [5.74, 6) is -1.09. The Kier molecular flexibility index (Phi) is 6.05. The maximum atomic E-state index is 13.4. The molecule has 0 spiro atoms. The molecule has 1 fully saturated rings. The first kappa shape index (κ1) is 23.1. The van der Waals surface area contributed by atoms with Crippen LogP contribution in [-0.2, 0) is 16.0 Å². The number of aromatic nitrogens is 1. The minimum Gasteiger partial charge on any atom is -0.507 e. The summed E-state index contributed by atoms with van der Waals surface area (Å²) in [5.41, 5.74) is 2.92. The molecule has 0 bridgehead atoms. The fourth-order valence-corrected chi connectivity index (χ4v) is 5.31. The van der Waals surface area contributed by atoms with E-state index in [0.717, 1.165) is 16.7 Å². The number of carbonyl (C=O) groups is 2. The summed E-state index contributed by atoms with van der Waals surface area (Å²) in [6.07, 6.45) is 0.852. The molecule has 35 heavy (non-hydrogen) atoms. The third-order valence-corrected chi connectivity index (χ3v) is 7.33. The van der Waals surface area contributed by atoms with Gasteiger partial charge in [0.05, 0.1) is 28.9 Å². The van der Waals surface area contributed by atoms with Crippen LogP contribution in [0.2, 0.25) is 5.02 Å². The minimum atomic E-state index is -0.834.